The highest BCUT2D eigenvalue weighted by Crippen LogP contribution is 2.26. The highest BCUT2D eigenvalue weighted by atomic mass is 79.9. The Morgan fingerprint density at radius 2 is 2.21 bits per heavy atom. The largest absolute Gasteiger partial charge is 0.309 e. The van der Waals surface area contributed by atoms with Crippen LogP contribution in [0.5, 0.6) is 0 Å². The molecule has 1 N–H and O–H groups in total. The lowest BCUT2D eigenvalue weighted by Gasteiger charge is -2.18. The topological polar surface area (TPSA) is 29.9 Å². The van der Waals surface area contributed by atoms with Crippen molar-refractivity contribution in [2.24, 2.45) is 0 Å². The van der Waals surface area contributed by atoms with Gasteiger partial charge in [-0.3, -0.25) is 4.68 Å². The van der Waals surface area contributed by atoms with E-state index < -0.39 is 0 Å². The van der Waals surface area contributed by atoms with Gasteiger partial charge in [0.15, 0.2) is 0 Å². The van der Waals surface area contributed by atoms with Crippen LogP contribution in [0.15, 0.2) is 22.0 Å². The molecule has 0 aliphatic rings. The van der Waals surface area contributed by atoms with Gasteiger partial charge in [0.1, 0.15) is 0 Å². The predicted molar refractivity (Wildman–Crippen MR) is 84.8 cm³/mol. The van der Waals surface area contributed by atoms with Crippen molar-refractivity contribution in [1.29, 1.82) is 0 Å². The summed E-state index contributed by atoms with van der Waals surface area (Å²) in [6.45, 7) is 8.22. The van der Waals surface area contributed by atoms with E-state index in [4.69, 9.17) is 0 Å². The number of likely N-dealkylation sites (N-methyl/N-ethyl adjacent to an activating group) is 1. The molecule has 3 nitrogen and oxygen atoms in total. The molecule has 19 heavy (non-hydrogen) atoms. The summed E-state index contributed by atoms with van der Waals surface area (Å²) in [7, 11) is 0. The maximum atomic E-state index is 4.55. The van der Waals surface area contributed by atoms with Gasteiger partial charge >= 0.3 is 0 Å². The summed E-state index contributed by atoms with van der Waals surface area (Å²) in [6, 6.07) is 4.73. The maximum absolute atomic E-state index is 4.55. The minimum atomic E-state index is 0.330. The van der Waals surface area contributed by atoms with Crippen LogP contribution in [-0.4, -0.2) is 16.3 Å². The van der Waals surface area contributed by atoms with Gasteiger partial charge < -0.3 is 5.32 Å². The van der Waals surface area contributed by atoms with Crippen molar-refractivity contribution in [3.05, 3.63) is 38.3 Å². The van der Waals surface area contributed by atoms with Gasteiger partial charge in [-0.05, 0) is 48.5 Å². The molecule has 0 spiro atoms. The number of nitrogens with zero attached hydrogens (tertiary/aromatic N) is 2. The van der Waals surface area contributed by atoms with Crippen LogP contribution in [0.3, 0.4) is 0 Å². The van der Waals surface area contributed by atoms with Gasteiger partial charge in [0.2, 0.25) is 0 Å². The van der Waals surface area contributed by atoms with Gasteiger partial charge in [-0.2, -0.15) is 5.10 Å². The number of hydrogen-bond acceptors (Lipinski definition) is 3. The first-order chi connectivity index (χ1) is 9.13. The number of hydrogen-bond donors (Lipinski definition) is 1. The molecule has 104 valence electrons. The zero-order valence-electron chi connectivity index (χ0n) is 11.6. The standard InChI is InChI=1S/C14H20BrN3S/c1-4-16-13(8-12-7-11(15)9-19-12)14-6-10(3)17-18(14)5-2/h6-7,9,13,16H,4-5,8H2,1-3H3. The van der Waals surface area contributed by atoms with Crippen LogP contribution in [0.2, 0.25) is 0 Å². The smallest absolute Gasteiger partial charge is 0.0597 e. The molecule has 1 atom stereocenters. The quantitative estimate of drug-likeness (QED) is 0.862. The minimum absolute atomic E-state index is 0.330. The normalized spacial score (nSPS) is 12.8. The molecular formula is C14H20BrN3S. The molecule has 0 aliphatic heterocycles. The second-order valence-electron chi connectivity index (χ2n) is 4.57. The second-order valence-corrected chi connectivity index (χ2v) is 6.48. The molecule has 0 saturated heterocycles. The molecule has 0 aromatic carbocycles. The van der Waals surface area contributed by atoms with Gasteiger partial charge in [-0.25, -0.2) is 0 Å². The van der Waals surface area contributed by atoms with E-state index in [2.05, 4.69) is 69.3 Å². The lowest BCUT2D eigenvalue weighted by Crippen LogP contribution is -2.25. The minimum Gasteiger partial charge on any atom is -0.309 e. The molecule has 2 aromatic rings. The molecular weight excluding hydrogens is 322 g/mol. The molecule has 0 amide bonds. The van der Waals surface area contributed by atoms with Crippen LogP contribution in [0.25, 0.3) is 0 Å². The molecule has 2 aromatic heterocycles. The third-order valence-electron chi connectivity index (χ3n) is 3.07. The SMILES string of the molecule is CCNC(Cc1cc(Br)cs1)c1cc(C)nn1CC. The number of thiophene rings is 1. The van der Waals surface area contributed by atoms with E-state index in [-0.39, 0.29) is 0 Å². The summed E-state index contributed by atoms with van der Waals surface area (Å²) in [4.78, 5) is 1.39. The Bertz CT molecular complexity index is 533. The van der Waals surface area contributed by atoms with Gasteiger partial charge in [0, 0.05) is 27.7 Å². The summed E-state index contributed by atoms with van der Waals surface area (Å²) in [5.41, 5.74) is 2.37. The van der Waals surface area contributed by atoms with E-state index in [0.29, 0.717) is 6.04 Å². The summed E-state index contributed by atoms with van der Waals surface area (Å²) in [5, 5.41) is 10.3. The Balaban J connectivity index is 2.23. The van der Waals surface area contributed by atoms with Crippen molar-refractivity contribution < 1.29 is 0 Å². The first kappa shape index (κ1) is 14.8. The fraction of sp³-hybridized carbons (Fsp3) is 0.500. The molecule has 2 rings (SSSR count). The van der Waals surface area contributed by atoms with Gasteiger partial charge in [-0.1, -0.05) is 6.92 Å². The van der Waals surface area contributed by atoms with Gasteiger partial charge in [-0.15, -0.1) is 11.3 Å². The Hall–Kier alpha value is -0.650. The Kier molecular flexibility index (Phi) is 5.19. The van der Waals surface area contributed by atoms with Crippen molar-refractivity contribution in [3.8, 4) is 0 Å². The number of aromatic nitrogens is 2. The zero-order valence-corrected chi connectivity index (χ0v) is 14.0. The van der Waals surface area contributed by atoms with Crippen molar-refractivity contribution >= 4 is 27.3 Å². The first-order valence-corrected chi connectivity index (χ1v) is 8.32. The van der Waals surface area contributed by atoms with Crippen molar-refractivity contribution in [3.63, 3.8) is 0 Å². The lowest BCUT2D eigenvalue weighted by atomic mass is 10.1. The van der Waals surface area contributed by atoms with Crippen LogP contribution >= 0.6 is 27.3 Å². The summed E-state index contributed by atoms with van der Waals surface area (Å²) < 4.78 is 3.27. The number of aryl methyl sites for hydroxylation is 2. The third-order valence-corrected chi connectivity index (χ3v) is 4.79. The van der Waals surface area contributed by atoms with Crippen LogP contribution in [0.1, 0.15) is 36.2 Å². The summed E-state index contributed by atoms with van der Waals surface area (Å²) in [6.07, 6.45) is 1.01. The van der Waals surface area contributed by atoms with E-state index in [1.54, 1.807) is 11.3 Å². The predicted octanol–water partition coefficient (Wildman–Crippen LogP) is 3.93. The van der Waals surface area contributed by atoms with E-state index in [0.717, 1.165) is 25.2 Å². The molecule has 5 heteroatoms. The number of halogens is 1. The van der Waals surface area contributed by atoms with Gasteiger partial charge in [0.05, 0.1) is 17.4 Å². The number of rotatable bonds is 6. The van der Waals surface area contributed by atoms with Crippen molar-refractivity contribution in [2.75, 3.05) is 6.54 Å². The number of nitrogens with one attached hydrogen (secondary N) is 1. The monoisotopic (exact) mass is 341 g/mol. The van der Waals surface area contributed by atoms with Crippen molar-refractivity contribution in [2.45, 2.75) is 39.8 Å². The Labute approximate surface area is 127 Å². The molecule has 2 heterocycles. The maximum Gasteiger partial charge on any atom is 0.0597 e. The van der Waals surface area contributed by atoms with Crippen molar-refractivity contribution in [1.82, 2.24) is 15.1 Å². The zero-order chi connectivity index (χ0) is 13.8. The molecule has 0 saturated carbocycles. The van der Waals surface area contributed by atoms with E-state index >= 15 is 0 Å². The molecule has 0 fully saturated rings. The third kappa shape index (κ3) is 3.68. The van der Waals surface area contributed by atoms with Crippen LogP contribution in [-0.2, 0) is 13.0 Å². The second kappa shape index (κ2) is 6.68. The lowest BCUT2D eigenvalue weighted by molar-refractivity contribution is 0.492. The molecule has 0 aliphatic carbocycles. The highest BCUT2D eigenvalue weighted by molar-refractivity contribution is 9.10. The molecule has 0 radical (unpaired) electrons. The average molecular weight is 342 g/mol. The fourth-order valence-electron chi connectivity index (χ4n) is 2.29. The van der Waals surface area contributed by atoms with Crippen LogP contribution in [0.4, 0.5) is 0 Å². The van der Waals surface area contributed by atoms with E-state index in [9.17, 15) is 0 Å². The van der Waals surface area contributed by atoms with E-state index in [1.165, 1.54) is 15.0 Å². The summed E-state index contributed by atoms with van der Waals surface area (Å²) in [5.74, 6) is 0. The molecule has 1 unspecified atom stereocenters. The first-order valence-electron chi connectivity index (χ1n) is 6.64. The van der Waals surface area contributed by atoms with Crippen LogP contribution < -0.4 is 5.32 Å². The molecule has 0 bridgehead atoms. The fourth-order valence-corrected chi connectivity index (χ4v) is 3.79. The Morgan fingerprint density at radius 3 is 2.79 bits per heavy atom. The Morgan fingerprint density at radius 1 is 1.42 bits per heavy atom. The van der Waals surface area contributed by atoms with Gasteiger partial charge in [0.25, 0.3) is 0 Å². The van der Waals surface area contributed by atoms with E-state index in [1.807, 2.05) is 0 Å². The van der Waals surface area contributed by atoms with Crippen LogP contribution in [0, 0.1) is 6.92 Å². The summed E-state index contributed by atoms with van der Waals surface area (Å²) >= 11 is 5.32. The highest BCUT2D eigenvalue weighted by Gasteiger charge is 2.17. The average Bonchev–Trinajstić information content (AvgIpc) is 2.94.